The third kappa shape index (κ3) is 4.84. The van der Waals surface area contributed by atoms with Gasteiger partial charge in [0, 0.05) is 37.3 Å². The minimum absolute atomic E-state index is 0.0621. The van der Waals surface area contributed by atoms with Crippen molar-refractivity contribution in [2.24, 2.45) is 24.8 Å². The standard InChI is InChI=1S/C23H25F2N3O3/c1-13-8-15(4-5-20(13)31-23(24)25)18-9-17(18)12-30-22-19(11-26-14(2)27-22)16-6-7-28(3)21(29)10-16/h4-7,10-11,13,17-18,23H,8-9,12H2,1-3H3/t13?,17-,18?/m0/s1. The molecule has 2 unspecified atom stereocenters. The SMILES string of the molecule is Cc1ncc(-c2ccn(C)c(=O)c2)c(OC[C@@H]2CC2C2=CC=C(OC(F)F)C(C)C2)n1. The largest absolute Gasteiger partial charge is 0.477 e. The molecule has 2 aliphatic rings. The Morgan fingerprint density at radius 3 is 2.84 bits per heavy atom. The Balaban J connectivity index is 1.44. The molecule has 6 nitrogen and oxygen atoms in total. The average molecular weight is 429 g/mol. The second kappa shape index (κ2) is 8.61. The molecule has 0 radical (unpaired) electrons. The molecule has 0 aliphatic heterocycles. The number of allylic oxidation sites excluding steroid dienone is 4. The normalized spacial score (nSPS) is 22.7. The van der Waals surface area contributed by atoms with Crippen LogP contribution in [0.3, 0.4) is 0 Å². The maximum atomic E-state index is 12.5. The molecule has 31 heavy (non-hydrogen) atoms. The van der Waals surface area contributed by atoms with E-state index in [1.54, 1.807) is 38.5 Å². The number of aryl methyl sites for hydroxylation is 2. The van der Waals surface area contributed by atoms with Crippen LogP contribution in [0.4, 0.5) is 8.78 Å². The Kier molecular flexibility index (Phi) is 5.89. The van der Waals surface area contributed by atoms with E-state index in [1.165, 1.54) is 10.1 Å². The second-order valence-corrected chi connectivity index (χ2v) is 8.21. The number of rotatable bonds is 7. The lowest BCUT2D eigenvalue weighted by Gasteiger charge is -2.22. The molecule has 8 heteroatoms. The van der Waals surface area contributed by atoms with Crippen LogP contribution in [0.2, 0.25) is 0 Å². The molecule has 0 spiro atoms. The van der Waals surface area contributed by atoms with Gasteiger partial charge in [-0.2, -0.15) is 13.8 Å². The number of alkyl halides is 2. The lowest BCUT2D eigenvalue weighted by atomic mass is 9.91. The van der Waals surface area contributed by atoms with Crippen molar-refractivity contribution < 1.29 is 18.3 Å². The van der Waals surface area contributed by atoms with E-state index in [0.717, 1.165) is 6.42 Å². The van der Waals surface area contributed by atoms with Gasteiger partial charge < -0.3 is 14.0 Å². The highest BCUT2D eigenvalue weighted by molar-refractivity contribution is 5.67. The summed E-state index contributed by atoms with van der Waals surface area (Å²) in [5.74, 6) is 2.05. The molecule has 2 heterocycles. The van der Waals surface area contributed by atoms with Gasteiger partial charge in [-0.05, 0) is 43.4 Å². The molecular formula is C23H25F2N3O3. The molecule has 4 rings (SSSR count). The second-order valence-electron chi connectivity index (χ2n) is 8.21. The molecule has 164 valence electrons. The van der Waals surface area contributed by atoms with Crippen molar-refractivity contribution in [2.75, 3.05) is 6.61 Å². The van der Waals surface area contributed by atoms with Crippen molar-refractivity contribution in [3.05, 3.63) is 64.2 Å². The molecule has 2 aromatic rings. The molecule has 0 N–H and O–H groups in total. The smallest absolute Gasteiger partial charge is 0.387 e. The van der Waals surface area contributed by atoms with Crippen molar-refractivity contribution in [1.82, 2.24) is 14.5 Å². The Morgan fingerprint density at radius 2 is 2.13 bits per heavy atom. The van der Waals surface area contributed by atoms with Crippen LogP contribution in [-0.4, -0.2) is 27.8 Å². The van der Waals surface area contributed by atoms with Crippen molar-refractivity contribution >= 4 is 0 Å². The summed E-state index contributed by atoms with van der Waals surface area (Å²) in [4.78, 5) is 20.7. The summed E-state index contributed by atoms with van der Waals surface area (Å²) in [6.07, 6.45) is 8.65. The fraction of sp³-hybridized carbons (Fsp3) is 0.435. The van der Waals surface area contributed by atoms with E-state index >= 15 is 0 Å². The average Bonchev–Trinajstić information content (AvgIpc) is 3.50. The molecule has 2 aromatic heterocycles. The minimum Gasteiger partial charge on any atom is -0.477 e. The van der Waals surface area contributed by atoms with Crippen LogP contribution in [0.5, 0.6) is 5.88 Å². The first-order chi connectivity index (χ1) is 14.8. The van der Waals surface area contributed by atoms with E-state index in [1.807, 2.05) is 19.1 Å². The first-order valence-electron chi connectivity index (χ1n) is 10.3. The van der Waals surface area contributed by atoms with E-state index in [0.29, 0.717) is 53.5 Å². The summed E-state index contributed by atoms with van der Waals surface area (Å²) in [6, 6.07) is 3.38. The fourth-order valence-corrected chi connectivity index (χ4v) is 3.95. The number of aromatic nitrogens is 3. The number of ether oxygens (including phenoxy) is 2. The minimum atomic E-state index is -2.79. The fourth-order valence-electron chi connectivity index (χ4n) is 3.95. The Bertz CT molecular complexity index is 1090. The highest BCUT2D eigenvalue weighted by Gasteiger charge is 2.41. The van der Waals surface area contributed by atoms with E-state index in [2.05, 4.69) is 14.7 Å². The van der Waals surface area contributed by atoms with Crippen molar-refractivity contribution in [1.29, 1.82) is 0 Å². The molecule has 0 amide bonds. The van der Waals surface area contributed by atoms with E-state index in [9.17, 15) is 13.6 Å². The zero-order valence-electron chi connectivity index (χ0n) is 17.7. The molecular weight excluding hydrogens is 404 g/mol. The summed E-state index contributed by atoms with van der Waals surface area (Å²) in [5, 5.41) is 0. The van der Waals surface area contributed by atoms with Gasteiger partial charge in [0.15, 0.2) is 0 Å². The van der Waals surface area contributed by atoms with Gasteiger partial charge in [0.05, 0.1) is 12.2 Å². The highest BCUT2D eigenvalue weighted by Crippen LogP contribution is 2.48. The van der Waals surface area contributed by atoms with Gasteiger partial charge in [-0.3, -0.25) is 4.79 Å². The summed E-state index contributed by atoms with van der Waals surface area (Å²) in [6.45, 7) is 1.39. The molecule has 0 aromatic carbocycles. The molecule has 0 bridgehead atoms. The Morgan fingerprint density at radius 1 is 1.32 bits per heavy atom. The van der Waals surface area contributed by atoms with Crippen LogP contribution in [0.15, 0.2) is 52.8 Å². The van der Waals surface area contributed by atoms with Gasteiger partial charge in [0.25, 0.3) is 5.56 Å². The predicted octanol–water partition coefficient (Wildman–Crippen LogP) is 4.25. The first-order valence-corrected chi connectivity index (χ1v) is 10.3. The number of nitrogens with zero attached hydrogens (tertiary/aromatic N) is 3. The Hall–Kier alpha value is -3.03. The summed E-state index contributed by atoms with van der Waals surface area (Å²) in [5.41, 5.74) is 2.52. The monoisotopic (exact) mass is 429 g/mol. The van der Waals surface area contributed by atoms with Crippen LogP contribution in [0, 0.1) is 24.7 Å². The zero-order chi connectivity index (χ0) is 22.1. The molecule has 1 fully saturated rings. The van der Waals surface area contributed by atoms with Crippen LogP contribution < -0.4 is 10.3 Å². The Labute approximate surface area is 179 Å². The van der Waals surface area contributed by atoms with Gasteiger partial charge >= 0.3 is 6.61 Å². The van der Waals surface area contributed by atoms with Crippen LogP contribution >= 0.6 is 0 Å². The quantitative estimate of drug-likeness (QED) is 0.658. The maximum absolute atomic E-state index is 12.5. The van der Waals surface area contributed by atoms with Crippen molar-refractivity contribution in [3.8, 4) is 17.0 Å². The van der Waals surface area contributed by atoms with Gasteiger partial charge in [-0.1, -0.05) is 18.6 Å². The highest BCUT2D eigenvalue weighted by atomic mass is 19.3. The van der Waals surface area contributed by atoms with Gasteiger partial charge in [0.1, 0.15) is 11.6 Å². The maximum Gasteiger partial charge on any atom is 0.387 e. The van der Waals surface area contributed by atoms with Gasteiger partial charge in [-0.15, -0.1) is 0 Å². The number of hydrogen-bond acceptors (Lipinski definition) is 5. The van der Waals surface area contributed by atoms with Crippen LogP contribution in [-0.2, 0) is 11.8 Å². The van der Waals surface area contributed by atoms with Gasteiger partial charge in [-0.25, -0.2) is 4.98 Å². The molecule has 2 aliphatic carbocycles. The predicted molar refractivity (Wildman–Crippen MR) is 112 cm³/mol. The van der Waals surface area contributed by atoms with E-state index in [4.69, 9.17) is 4.74 Å². The molecule has 3 atom stereocenters. The summed E-state index contributed by atoms with van der Waals surface area (Å²) >= 11 is 0. The van der Waals surface area contributed by atoms with Crippen LogP contribution in [0.1, 0.15) is 25.6 Å². The van der Waals surface area contributed by atoms with E-state index < -0.39 is 6.61 Å². The first kappa shape index (κ1) is 21.2. The number of hydrogen-bond donors (Lipinski definition) is 0. The third-order valence-electron chi connectivity index (χ3n) is 5.84. The van der Waals surface area contributed by atoms with Gasteiger partial charge in [0.2, 0.25) is 5.88 Å². The third-order valence-corrected chi connectivity index (χ3v) is 5.84. The summed E-state index contributed by atoms with van der Waals surface area (Å²) in [7, 11) is 1.70. The summed E-state index contributed by atoms with van der Waals surface area (Å²) < 4.78 is 37.1. The van der Waals surface area contributed by atoms with Crippen molar-refractivity contribution in [3.63, 3.8) is 0 Å². The number of pyridine rings is 1. The van der Waals surface area contributed by atoms with Crippen LogP contribution in [0.25, 0.3) is 11.1 Å². The number of halogens is 2. The topological polar surface area (TPSA) is 66.2 Å². The van der Waals surface area contributed by atoms with Crippen molar-refractivity contribution in [2.45, 2.75) is 33.3 Å². The lowest BCUT2D eigenvalue weighted by molar-refractivity contribution is -0.104. The lowest BCUT2D eigenvalue weighted by Crippen LogP contribution is -2.14. The molecule has 0 saturated heterocycles. The van der Waals surface area contributed by atoms with E-state index in [-0.39, 0.29) is 11.5 Å². The zero-order valence-corrected chi connectivity index (χ0v) is 17.7. The molecule has 1 saturated carbocycles.